The molecule has 1 saturated heterocycles. The normalized spacial score (nSPS) is 19.6. The first-order valence-electron chi connectivity index (χ1n) is 10.9. The molecule has 0 unspecified atom stereocenters. The van der Waals surface area contributed by atoms with Crippen molar-refractivity contribution in [1.29, 1.82) is 0 Å². The molecule has 0 radical (unpaired) electrons. The Bertz CT molecular complexity index is 897. The van der Waals surface area contributed by atoms with Gasteiger partial charge in [0.05, 0.1) is 6.04 Å². The number of rotatable bonds is 5. The number of urea groups is 1. The monoisotopic (exact) mass is 422 g/mol. The van der Waals surface area contributed by atoms with Crippen LogP contribution in [0.1, 0.15) is 11.1 Å². The van der Waals surface area contributed by atoms with Gasteiger partial charge >= 0.3 is 6.03 Å². The van der Waals surface area contributed by atoms with Crippen molar-refractivity contribution in [3.63, 3.8) is 0 Å². The largest absolute Gasteiger partial charge is 0.491 e. The van der Waals surface area contributed by atoms with E-state index >= 15 is 0 Å². The topological polar surface area (TPSA) is 73.9 Å². The number of carbonyl (C=O) groups is 2. The van der Waals surface area contributed by atoms with Crippen LogP contribution in [0.4, 0.5) is 4.79 Å². The summed E-state index contributed by atoms with van der Waals surface area (Å²) in [6.45, 7) is 3.42. The van der Waals surface area contributed by atoms with Crippen molar-refractivity contribution in [3.8, 4) is 5.75 Å². The molecule has 2 aliphatic heterocycles. The van der Waals surface area contributed by atoms with Crippen LogP contribution in [0.3, 0.4) is 0 Å². The van der Waals surface area contributed by atoms with E-state index in [1.807, 2.05) is 61.6 Å². The third-order valence-electron chi connectivity index (χ3n) is 5.91. The Morgan fingerprint density at radius 1 is 1.03 bits per heavy atom. The number of para-hydroxylation sites is 1. The molecule has 0 aliphatic carbocycles. The van der Waals surface area contributed by atoms with Crippen molar-refractivity contribution >= 4 is 11.9 Å². The number of carbonyl (C=O) groups excluding carboxylic acids is 2. The second-order valence-corrected chi connectivity index (χ2v) is 8.31. The summed E-state index contributed by atoms with van der Waals surface area (Å²) in [6.07, 6.45) is 1.16. The molecule has 3 amide bonds. The molecular weight excluding hydrogens is 392 g/mol. The van der Waals surface area contributed by atoms with Gasteiger partial charge in [-0.3, -0.25) is 4.79 Å². The van der Waals surface area contributed by atoms with Gasteiger partial charge in [0.25, 0.3) is 0 Å². The maximum atomic E-state index is 13.2. The Hall–Kier alpha value is -3.06. The van der Waals surface area contributed by atoms with Gasteiger partial charge in [-0.1, -0.05) is 48.5 Å². The molecule has 2 atom stereocenters. The van der Waals surface area contributed by atoms with Crippen molar-refractivity contribution in [2.24, 2.45) is 0 Å². The lowest BCUT2D eigenvalue weighted by atomic mass is 10.0. The molecule has 7 heteroatoms. The second kappa shape index (κ2) is 9.83. The predicted molar refractivity (Wildman–Crippen MR) is 119 cm³/mol. The number of nitrogens with zero attached hydrogens (tertiary/aromatic N) is 2. The fourth-order valence-corrected chi connectivity index (χ4v) is 4.03. The second-order valence-electron chi connectivity index (χ2n) is 8.31. The molecule has 164 valence electrons. The SMILES string of the molecule is CN1CCN(C(=O)N[C@@H](Cc2ccccc2)C(=O)N[C@@H]2COc3ccccc3C2)CC1. The van der Waals surface area contributed by atoms with Crippen molar-refractivity contribution < 1.29 is 14.3 Å². The maximum Gasteiger partial charge on any atom is 0.318 e. The van der Waals surface area contributed by atoms with Crippen molar-refractivity contribution in [3.05, 3.63) is 65.7 Å². The summed E-state index contributed by atoms with van der Waals surface area (Å²) < 4.78 is 5.81. The summed E-state index contributed by atoms with van der Waals surface area (Å²) in [6, 6.07) is 16.7. The fraction of sp³-hybridized carbons (Fsp3) is 0.417. The zero-order valence-corrected chi connectivity index (χ0v) is 17.9. The Morgan fingerprint density at radius 2 is 1.74 bits per heavy atom. The van der Waals surface area contributed by atoms with E-state index < -0.39 is 6.04 Å². The minimum Gasteiger partial charge on any atom is -0.491 e. The van der Waals surface area contributed by atoms with Gasteiger partial charge in [0.15, 0.2) is 0 Å². The summed E-state index contributed by atoms with van der Waals surface area (Å²) >= 11 is 0. The molecule has 2 aromatic rings. The lowest BCUT2D eigenvalue weighted by molar-refractivity contribution is -0.124. The zero-order valence-electron chi connectivity index (χ0n) is 17.9. The third kappa shape index (κ3) is 5.55. The Labute approximate surface area is 183 Å². The predicted octanol–water partition coefficient (Wildman–Crippen LogP) is 1.67. The van der Waals surface area contributed by atoms with Crippen molar-refractivity contribution in [2.75, 3.05) is 39.8 Å². The minimum absolute atomic E-state index is 0.124. The highest BCUT2D eigenvalue weighted by Crippen LogP contribution is 2.24. The van der Waals surface area contributed by atoms with Gasteiger partial charge in [-0.15, -0.1) is 0 Å². The summed E-state index contributed by atoms with van der Waals surface area (Å²) in [5.41, 5.74) is 2.09. The van der Waals surface area contributed by atoms with Crippen molar-refractivity contribution in [2.45, 2.75) is 24.9 Å². The third-order valence-corrected chi connectivity index (χ3v) is 5.91. The standard InChI is InChI=1S/C24H30N4O3/c1-27-11-13-28(14-12-27)24(30)26-21(15-18-7-3-2-4-8-18)23(29)25-20-16-19-9-5-6-10-22(19)31-17-20/h2-10,20-21H,11-17H2,1H3,(H,25,29)(H,26,30)/t20-,21-/m0/s1. The molecular formula is C24H30N4O3. The van der Waals surface area contributed by atoms with Crippen LogP contribution in [-0.4, -0.2) is 73.7 Å². The molecule has 1 fully saturated rings. The molecule has 2 aromatic carbocycles. The molecule has 2 aliphatic rings. The highest BCUT2D eigenvalue weighted by molar-refractivity contribution is 5.87. The lowest BCUT2D eigenvalue weighted by Gasteiger charge is -2.34. The number of piperazine rings is 1. The fourth-order valence-electron chi connectivity index (χ4n) is 4.03. The molecule has 31 heavy (non-hydrogen) atoms. The van der Waals surface area contributed by atoms with Crippen LogP contribution in [-0.2, 0) is 17.6 Å². The molecule has 2 N–H and O–H groups in total. The Balaban J connectivity index is 1.42. The maximum absolute atomic E-state index is 13.2. The number of nitrogens with one attached hydrogen (secondary N) is 2. The highest BCUT2D eigenvalue weighted by Gasteiger charge is 2.28. The first-order chi connectivity index (χ1) is 15.1. The van der Waals surface area contributed by atoms with E-state index in [0.717, 1.165) is 30.0 Å². The molecule has 7 nitrogen and oxygen atoms in total. The van der Waals surface area contributed by atoms with Crippen LogP contribution < -0.4 is 15.4 Å². The molecule has 2 heterocycles. The number of amides is 3. The average molecular weight is 423 g/mol. The summed E-state index contributed by atoms with van der Waals surface area (Å²) in [5, 5.41) is 6.06. The van der Waals surface area contributed by atoms with E-state index in [9.17, 15) is 9.59 Å². The van der Waals surface area contributed by atoms with Gasteiger partial charge < -0.3 is 25.2 Å². The molecule has 4 rings (SSSR count). The number of likely N-dealkylation sites (N-methyl/N-ethyl adjacent to an activating group) is 1. The first-order valence-corrected chi connectivity index (χ1v) is 10.9. The molecule has 0 aromatic heterocycles. The van der Waals surface area contributed by atoms with Gasteiger partial charge in [-0.2, -0.15) is 0 Å². The van der Waals surface area contributed by atoms with E-state index in [1.165, 1.54) is 0 Å². The van der Waals surface area contributed by atoms with Gasteiger partial charge in [0.1, 0.15) is 18.4 Å². The van der Waals surface area contributed by atoms with Crippen molar-refractivity contribution in [1.82, 2.24) is 20.4 Å². The number of hydrogen-bond acceptors (Lipinski definition) is 4. The van der Waals surface area contributed by atoms with Crippen LogP contribution in [0.2, 0.25) is 0 Å². The first kappa shape index (κ1) is 21.2. The average Bonchev–Trinajstić information content (AvgIpc) is 2.79. The van der Waals surface area contributed by atoms with Crippen LogP contribution in [0.5, 0.6) is 5.75 Å². The van der Waals surface area contributed by atoms with Crippen LogP contribution in [0, 0.1) is 0 Å². The van der Waals surface area contributed by atoms with Crippen LogP contribution >= 0.6 is 0 Å². The van der Waals surface area contributed by atoms with E-state index in [1.54, 1.807) is 4.90 Å². The molecule has 0 saturated carbocycles. The number of fused-ring (bicyclic) bond motifs is 1. The van der Waals surface area contributed by atoms with E-state index in [0.29, 0.717) is 32.5 Å². The molecule has 0 bridgehead atoms. The number of hydrogen-bond donors (Lipinski definition) is 2. The van der Waals surface area contributed by atoms with Gasteiger partial charge in [-0.05, 0) is 30.7 Å². The number of ether oxygens (including phenoxy) is 1. The van der Waals surface area contributed by atoms with E-state index in [2.05, 4.69) is 15.5 Å². The number of benzene rings is 2. The smallest absolute Gasteiger partial charge is 0.318 e. The summed E-state index contributed by atoms with van der Waals surface area (Å²) in [4.78, 5) is 30.0. The van der Waals surface area contributed by atoms with Crippen LogP contribution in [0.15, 0.2) is 54.6 Å². The Kier molecular flexibility index (Phi) is 6.72. The lowest BCUT2D eigenvalue weighted by Crippen LogP contribution is -2.57. The van der Waals surface area contributed by atoms with Gasteiger partial charge in [0, 0.05) is 32.6 Å². The zero-order chi connectivity index (χ0) is 21.6. The highest BCUT2D eigenvalue weighted by atomic mass is 16.5. The Morgan fingerprint density at radius 3 is 2.52 bits per heavy atom. The quantitative estimate of drug-likeness (QED) is 0.769. The minimum atomic E-state index is -0.647. The van der Waals surface area contributed by atoms with E-state index in [4.69, 9.17) is 4.74 Å². The summed E-state index contributed by atoms with van der Waals surface area (Å²) in [5.74, 6) is 0.691. The van der Waals surface area contributed by atoms with Crippen LogP contribution in [0.25, 0.3) is 0 Å². The van der Waals surface area contributed by atoms with Gasteiger partial charge in [0.2, 0.25) is 5.91 Å². The summed E-state index contributed by atoms with van der Waals surface area (Å²) in [7, 11) is 2.05. The molecule has 0 spiro atoms. The van der Waals surface area contributed by atoms with E-state index in [-0.39, 0.29) is 18.0 Å². The van der Waals surface area contributed by atoms with Gasteiger partial charge in [-0.25, -0.2) is 4.79 Å².